The Hall–Kier alpha value is -1.20. The maximum atomic E-state index is 13.2. The standard InChI is InChI=1S/C58H113NO12S/c1-3-5-7-9-11-13-15-17-19-21-23-25-27-29-31-33-35-37-39-41-43-45-47-52(62)57(65)59-50(49-69-58-55(64)56(71-72(66,67)68)54(63)53(48-60)70-58)51(61)46-44-42-40-38-36-34-32-30-28-26-24-22-20-18-16-14-12-10-8-6-4-2/h44,46,50-56,58,60-64H,3-43,45,47-49H2,1-2H3,(H,59,65)(H,66,67,68)/b46-44+. The van der Waals surface area contributed by atoms with Crippen LogP contribution in [0, 0.1) is 0 Å². The highest BCUT2D eigenvalue weighted by atomic mass is 32.3. The number of carbonyl (C=O) groups is 1. The van der Waals surface area contributed by atoms with E-state index in [0.717, 1.165) is 44.9 Å². The topological polar surface area (TPSA) is 212 Å². The Morgan fingerprint density at radius 1 is 0.556 bits per heavy atom. The number of aliphatic hydroxyl groups is 5. The quantitative estimate of drug-likeness (QED) is 0.0172. The molecule has 1 rings (SSSR count). The third-order valence-corrected chi connectivity index (χ3v) is 15.1. The van der Waals surface area contributed by atoms with Gasteiger partial charge in [0.15, 0.2) is 6.29 Å². The van der Waals surface area contributed by atoms with Gasteiger partial charge in [-0.15, -0.1) is 0 Å². The monoisotopic (exact) mass is 1050 g/mol. The van der Waals surface area contributed by atoms with Gasteiger partial charge in [0.2, 0.25) is 5.91 Å². The van der Waals surface area contributed by atoms with Gasteiger partial charge in [0.05, 0.1) is 25.4 Å². The number of ether oxygens (including phenoxy) is 2. The third-order valence-electron chi connectivity index (χ3n) is 14.7. The van der Waals surface area contributed by atoms with Crippen molar-refractivity contribution in [3.05, 3.63) is 12.2 Å². The first kappa shape index (κ1) is 68.8. The van der Waals surface area contributed by atoms with E-state index in [1.807, 2.05) is 6.08 Å². The molecule has 0 aliphatic carbocycles. The van der Waals surface area contributed by atoms with Gasteiger partial charge in [-0.2, -0.15) is 8.42 Å². The normalized spacial score (nSPS) is 19.8. The van der Waals surface area contributed by atoms with Crippen molar-refractivity contribution >= 4 is 16.3 Å². The molecule has 8 unspecified atom stereocenters. The second-order valence-electron chi connectivity index (χ2n) is 21.4. The lowest BCUT2D eigenvalue weighted by Crippen LogP contribution is -2.61. The van der Waals surface area contributed by atoms with E-state index in [9.17, 15) is 43.3 Å². The summed E-state index contributed by atoms with van der Waals surface area (Å²) in [4.78, 5) is 13.2. The average molecular weight is 1050 g/mol. The molecule has 1 aliphatic rings. The number of amides is 1. The minimum absolute atomic E-state index is 0.249. The number of rotatable bonds is 53. The van der Waals surface area contributed by atoms with Crippen molar-refractivity contribution < 1.29 is 57.0 Å². The Kier molecular flexibility index (Phi) is 46.1. The second-order valence-corrected chi connectivity index (χ2v) is 22.5. The lowest BCUT2D eigenvalue weighted by atomic mass is 9.99. The molecule has 0 radical (unpaired) electrons. The van der Waals surface area contributed by atoms with Crippen LogP contribution in [0.1, 0.15) is 290 Å². The number of unbranched alkanes of at least 4 members (excludes halogenated alkanes) is 40. The third kappa shape index (κ3) is 39.2. The van der Waals surface area contributed by atoms with Gasteiger partial charge < -0.3 is 40.3 Å². The van der Waals surface area contributed by atoms with Gasteiger partial charge in [0.1, 0.15) is 30.5 Å². The van der Waals surface area contributed by atoms with Gasteiger partial charge in [-0.05, 0) is 19.3 Å². The zero-order valence-corrected chi connectivity index (χ0v) is 47.0. The van der Waals surface area contributed by atoms with E-state index < -0.39 is 78.5 Å². The summed E-state index contributed by atoms with van der Waals surface area (Å²) in [6.45, 7) is 3.28. The summed E-state index contributed by atoms with van der Waals surface area (Å²) in [5.74, 6) is -0.695. The van der Waals surface area contributed by atoms with Crippen molar-refractivity contribution in [2.24, 2.45) is 0 Å². The summed E-state index contributed by atoms with van der Waals surface area (Å²) < 4.78 is 47.8. The fourth-order valence-corrected chi connectivity index (χ4v) is 10.4. The molecule has 0 aromatic heterocycles. The largest absolute Gasteiger partial charge is 0.397 e. The maximum Gasteiger partial charge on any atom is 0.397 e. The molecule has 1 amide bonds. The first-order valence-electron chi connectivity index (χ1n) is 30.2. The van der Waals surface area contributed by atoms with Gasteiger partial charge in [0.25, 0.3) is 0 Å². The molecule has 0 spiro atoms. The molecule has 72 heavy (non-hydrogen) atoms. The van der Waals surface area contributed by atoms with Crippen molar-refractivity contribution in [3.63, 3.8) is 0 Å². The highest BCUT2D eigenvalue weighted by Crippen LogP contribution is 2.26. The van der Waals surface area contributed by atoms with Crippen LogP contribution in [0.4, 0.5) is 0 Å². The van der Waals surface area contributed by atoms with Crippen LogP contribution in [0.3, 0.4) is 0 Å². The highest BCUT2D eigenvalue weighted by molar-refractivity contribution is 7.80. The molecular weight excluding hydrogens is 935 g/mol. The van der Waals surface area contributed by atoms with Crippen LogP contribution in [0.5, 0.6) is 0 Å². The fraction of sp³-hybridized carbons (Fsp3) is 0.948. The van der Waals surface area contributed by atoms with Crippen molar-refractivity contribution in [1.82, 2.24) is 5.32 Å². The zero-order valence-electron chi connectivity index (χ0n) is 46.1. The summed E-state index contributed by atoms with van der Waals surface area (Å²) >= 11 is 0. The Morgan fingerprint density at radius 3 is 1.25 bits per heavy atom. The summed E-state index contributed by atoms with van der Waals surface area (Å²) in [5.41, 5.74) is 0. The summed E-state index contributed by atoms with van der Waals surface area (Å²) in [7, 11) is -5.12. The minimum Gasteiger partial charge on any atom is -0.394 e. The average Bonchev–Trinajstić information content (AvgIpc) is 3.36. The van der Waals surface area contributed by atoms with E-state index >= 15 is 0 Å². The molecule has 1 aliphatic heterocycles. The summed E-state index contributed by atoms with van der Waals surface area (Å²) in [6, 6.07) is -1.12. The number of aliphatic hydroxyl groups excluding tert-OH is 5. The zero-order chi connectivity index (χ0) is 52.8. The van der Waals surface area contributed by atoms with E-state index in [0.29, 0.717) is 6.42 Å². The van der Waals surface area contributed by atoms with E-state index in [4.69, 9.17) is 9.47 Å². The van der Waals surface area contributed by atoms with Crippen LogP contribution in [0.2, 0.25) is 0 Å². The van der Waals surface area contributed by atoms with Crippen LogP contribution < -0.4 is 5.32 Å². The Bertz CT molecular complexity index is 1340. The van der Waals surface area contributed by atoms with Crippen LogP contribution in [0.15, 0.2) is 12.2 Å². The number of allylic oxidation sites excluding steroid dienone is 1. The fourth-order valence-electron chi connectivity index (χ4n) is 9.94. The predicted molar refractivity (Wildman–Crippen MR) is 293 cm³/mol. The Morgan fingerprint density at radius 2 is 0.903 bits per heavy atom. The summed E-state index contributed by atoms with van der Waals surface area (Å²) in [5, 5.41) is 55.6. The molecule has 0 bridgehead atoms. The van der Waals surface area contributed by atoms with Crippen LogP contribution in [0.25, 0.3) is 0 Å². The highest BCUT2D eigenvalue weighted by Gasteiger charge is 2.48. The number of carbonyl (C=O) groups excluding carboxylic acids is 1. The minimum atomic E-state index is -5.12. The molecule has 0 saturated carbocycles. The van der Waals surface area contributed by atoms with Crippen molar-refractivity contribution in [2.75, 3.05) is 13.2 Å². The van der Waals surface area contributed by atoms with Crippen molar-refractivity contribution in [2.45, 2.75) is 339 Å². The molecule has 1 fully saturated rings. The first-order chi connectivity index (χ1) is 34.9. The molecule has 13 nitrogen and oxygen atoms in total. The molecule has 428 valence electrons. The van der Waals surface area contributed by atoms with Gasteiger partial charge in [-0.3, -0.25) is 9.35 Å². The Balaban J connectivity index is 2.40. The van der Waals surface area contributed by atoms with Gasteiger partial charge in [-0.1, -0.05) is 283 Å². The van der Waals surface area contributed by atoms with E-state index in [1.54, 1.807) is 6.08 Å². The van der Waals surface area contributed by atoms with Gasteiger partial charge in [-0.25, -0.2) is 4.18 Å². The molecular formula is C58H113NO12S. The number of hydrogen-bond donors (Lipinski definition) is 7. The summed E-state index contributed by atoms with van der Waals surface area (Å²) in [6.07, 6.45) is 45.7. The second kappa shape index (κ2) is 48.2. The number of hydrogen-bond acceptors (Lipinski definition) is 11. The van der Waals surface area contributed by atoms with E-state index in [-0.39, 0.29) is 6.42 Å². The lowest BCUT2D eigenvalue weighted by molar-refractivity contribution is -0.298. The Labute approximate surface area is 441 Å². The SMILES string of the molecule is CCCCCCCCCCCCCCCCCCCCC/C=C/C(O)C(COC1OC(CO)C(O)C(OS(=O)(=O)O)C1O)NC(=O)C(O)CCCCCCCCCCCCCCCCCCCCCCCC. The maximum absolute atomic E-state index is 13.2. The van der Waals surface area contributed by atoms with E-state index in [2.05, 4.69) is 23.3 Å². The molecule has 7 N–H and O–H groups in total. The van der Waals surface area contributed by atoms with Crippen molar-refractivity contribution in [3.8, 4) is 0 Å². The first-order valence-corrected chi connectivity index (χ1v) is 31.5. The van der Waals surface area contributed by atoms with Crippen LogP contribution >= 0.6 is 0 Å². The van der Waals surface area contributed by atoms with Crippen LogP contribution in [-0.2, 0) is 28.9 Å². The lowest BCUT2D eigenvalue weighted by Gasteiger charge is -2.41. The van der Waals surface area contributed by atoms with Crippen LogP contribution in [-0.4, -0.2) is 107 Å². The van der Waals surface area contributed by atoms with Gasteiger partial charge >= 0.3 is 10.4 Å². The molecule has 8 atom stereocenters. The molecule has 14 heteroatoms. The van der Waals surface area contributed by atoms with Gasteiger partial charge in [0, 0.05) is 0 Å². The smallest absolute Gasteiger partial charge is 0.394 e. The molecule has 1 heterocycles. The van der Waals surface area contributed by atoms with E-state index in [1.165, 1.54) is 218 Å². The predicted octanol–water partition coefficient (Wildman–Crippen LogP) is 13.2. The van der Waals surface area contributed by atoms with Crippen molar-refractivity contribution in [1.29, 1.82) is 0 Å². The number of nitrogens with one attached hydrogen (secondary N) is 1. The molecule has 0 aromatic rings. The molecule has 1 saturated heterocycles. The molecule has 0 aromatic carbocycles.